The summed E-state index contributed by atoms with van der Waals surface area (Å²) in [4.78, 5) is 0. The third-order valence-electron chi connectivity index (χ3n) is 6.79. The Morgan fingerprint density at radius 2 is 0.625 bits per heavy atom. The van der Waals surface area contributed by atoms with Crippen molar-refractivity contribution in [1.82, 2.24) is 0 Å². The van der Waals surface area contributed by atoms with E-state index in [9.17, 15) is 0 Å². The van der Waals surface area contributed by atoms with Gasteiger partial charge in [-0.15, -0.1) is 0 Å². The van der Waals surface area contributed by atoms with Crippen LogP contribution in [0.25, 0.3) is 44.5 Å². The van der Waals surface area contributed by atoms with Gasteiger partial charge in [0.05, 0.1) is 0 Å². The molecule has 0 fully saturated rings. The lowest BCUT2D eigenvalue weighted by atomic mass is 9.76. The van der Waals surface area contributed by atoms with Crippen molar-refractivity contribution in [2.75, 3.05) is 0 Å². The molecule has 0 nitrogen and oxygen atoms in total. The molecule has 0 aromatic heterocycles. The molecule has 1 aliphatic carbocycles. The number of hydrogen-bond donors (Lipinski definition) is 0. The van der Waals surface area contributed by atoms with Gasteiger partial charge in [0.25, 0.3) is 0 Å². The summed E-state index contributed by atoms with van der Waals surface area (Å²) in [6, 6.07) is 31.9. The van der Waals surface area contributed by atoms with Crippen LogP contribution in [0.3, 0.4) is 0 Å². The van der Waals surface area contributed by atoms with Crippen LogP contribution in [0.15, 0.2) is 84.9 Å². The van der Waals surface area contributed by atoms with Crippen LogP contribution in [0.2, 0.25) is 0 Å². The van der Waals surface area contributed by atoms with E-state index in [2.05, 4.69) is 126 Å². The van der Waals surface area contributed by atoms with Crippen LogP contribution in [0.5, 0.6) is 0 Å². The topological polar surface area (TPSA) is 0 Å². The Morgan fingerprint density at radius 1 is 0.344 bits per heavy atom. The first-order valence-electron chi connectivity index (χ1n) is 11.6. The van der Waals surface area contributed by atoms with Crippen LogP contribution in [-0.2, 0) is 10.8 Å². The van der Waals surface area contributed by atoms with E-state index < -0.39 is 0 Å². The fourth-order valence-corrected chi connectivity index (χ4v) is 4.84. The molecule has 0 aliphatic heterocycles. The second kappa shape index (κ2) is 7.20. The molecule has 160 valence electrons. The zero-order valence-corrected chi connectivity index (χ0v) is 20.1. The lowest BCUT2D eigenvalue weighted by Gasteiger charge is -2.28. The predicted octanol–water partition coefficient (Wildman–Crippen LogP) is 9.26. The molecule has 5 rings (SSSR count). The first kappa shape index (κ1) is 20.8. The lowest BCUT2D eigenvalue weighted by Crippen LogP contribution is -2.12. The first-order valence-corrected chi connectivity index (χ1v) is 11.6. The summed E-state index contributed by atoms with van der Waals surface area (Å²) in [6.07, 6.45) is 0. The fourth-order valence-electron chi connectivity index (χ4n) is 4.84. The molecule has 0 saturated heterocycles. The molecule has 0 heteroatoms. The number of hydrogen-bond acceptors (Lipinski definition) is 0. The van der Waals surface area contributed by atoms with Crippen LogP contribution in [0.4, 0.5) is 0 Å². The van der Waals surface area contributed by atoms with Crippen molar-refractivity contribution in [1.29, 1.82) is 0 Å². The van der Waals surface area contributed by atoms with E-state index in [0.717, 1.165) is 0 Å². The summed E-state index contributed by atoms with van der Waals surface area (Å²) in [6.45, 7) is 13.8. The Morgan fingerprint density at radius 3 is 0.938 bits per heavy atom. The second-order valence-electron chi connectivity index (χ2n) is 11.1. The summed E-state index contributed by atoms with van der Waals surface area (Å²) in [5.74, 6) is 0. The van der Waals surface area contributed by atoms with Gasteiger partial charge in [-0.25, -0.2) is 0 Å². The average molecular weight is 417 g/mol. The molecule has 1 aliphatic rings. The van der Waals surface area contributed by atoms with Gasteiger partial charge in [0, 0.05) is 0 Å². The van der Waals surface area contributed by atoms with Crippen molar-refractivity contribution in [2.45, 2.75) is 52.4 Å². The van der Waals surface area contributed by atoms with Gasteiger partial charge in [-0.1, -0.05) is 114 Å². The maximum atomic E-state index is 2.42. The Labute approximate surface area is 193 Å². The van der Waals surface area contributed by atoms with Crippen molar-refractivity contribution in [3.8, 4) is 44.5 Å². The van der Waals surface area contributed by atoms with Crippen molar-refractivity contribution < 1.29 is 0 Å². The zero-order chi connectivity index (χ0) is 22.7. The van der Waals surface area contributed by atoms with Gasteiger partial charge >= 0.3 is 0 Å². The Balaban J connectivity index is 1.93. The summed E-state index contributed by atoms with van der Waals surface area (Å²) in [5.41, 5.74) is 13.5. The van der Waals surface area contributed by atoms with Crippen molar-refractivity contribution in [3.63, 3.8) is 0 Å². The number of fused-ring (bicyclic) bond motifs is 8. The van der Waals surface area contributed by atoms with E-state index >= 15 is 0 Å². The lowest BCUT2D eigenvalue weighted by molar-refractivity contribution is 0.590. The molecule has 0 spiro atoms. The van der Waals surface area contributed by atoms with Crippen molar-refractivity contribution in [2.24, 2.45) is 0 Å². The first-order chi connectivity index (χ1) is 15.1. The molecule has 4 aromatic carbocycles. The fraction of sp³-hybridized carbons (Fsp3) is 0.250. The van der Waals surface area contributed by atoms with Gasteiger partial charge in [-0.2, -0.15) is 0 Å². The molecule has 0 saturated carbocycles. The van der Waals surface area contributed by atoms with Gasteiger partial charge in [0.2, 0.25) is 0 Å². The molecular formula is C32H32. The molecule has 0 radical (unpaired) electrons. The van der Waals surface area contributed by atoms with Crippen LogP contribution in [0.1, 0.15) is 52.7 Å². The molecule has 0 bridgehead atoms. The summed E-state index contributed by atoms with van der Waals surface area (Å²) < 4.78 is 0. The Bertz CT molecular complexity index is 1220. The smallest absolute Gasteiger partial charge is 0.00960 e. The summed E-state index contributed by atoms with van der Waals surface area (Å²) in [7, 11) is 0. The highest BCUT2D eigenvalue weighted by Crippen LogP contribution is 2.49. The number of benzene rings is 4. The molecule has 0 atom stereocenters. The van der Waals surface area contributed by atoms with Gasteiger partial charge in [-0.05, 0) is 78.6 Å². The molecule has 0 heterocycles. The van der Waals surface area contributed by atoms with E-state index in [-0.39, 0.29) is 10.8 Å². The van der Waals surface area contributed by atoms with Gasteiger partial charge < -0.3 is 0 Å². The molecular weight excluding hydrogens is 384 g/mol. The Hall–Kier alpha value is -3.12. The van der Waals surface area contributed by atoms with Gasteiger partial charge in [-0.3, -0.25) is 0 Å². The summed E-state index contributed by atoms with van der Waals surface area (Å²) >= 11 is 0. The van der Waals surface area contributed by atoms with E-state index in [4.69, 9.17) is 0 Å². The third-order valence-corrected chi connectivity index (χ3v) is 6.79. The molecule has 0 amide bonds. The van der Waals surface area contributed by atoms with E-state index in [1.165, 1.54) is 55.6 Å². The summed E-state index contributed by atoms with van der Waals surface area (Å²) in [5, 5.41) is 0. The average Bonchev–Trinajstić information content (AvgIpc) is 2.76. The quantitative estimate of drug-likeness (QED) is 0.236. The molecule has 0 unspecified atom stereocenters. The number of rotatable bonds is 0. The van der Waals surface area contributed by atoms with E-state index in [1.54, 1.807) is 0 Å². The maximum Gasteiger partial charge on any atom is -0.00960 e. The monoisotopic (exact) mass is 416 g/mol. The van der Waals surface area contributed by atoms with Crippen LogP contribution < -0.4 is 0 Å². The van der Waals surface area contributed by atoms with Crippen LogP contribution >= 0.6 is 0 Å². The van der Waals surface area contributed by atoms with Crippen LogP contribution in [0, 0.1) is 0 Å². The zero-order valence-electron chi connectivity index (χ0n) is 20.1. The van der Waals surface area contributed by atoms with E-state index in [1.807, 2.05) is 0 Å². The third kappa shape index (κ3) is 3.39. The van der Waals surface area contributed by atoms with Gasteiger partial charge in [0.1, 0.15) is 0 Å². The standard InChI is InChI=1S/C32H32/c1-31(2,3)21-15-17-27-28-18-16-22(32(4,5)6)20-30(28)26-14-10-8-12-24(26)23-11-7-9-13-25(23)29(27)19-21/h7-20H,1-6H3. The maximum absolute atomic E-state index is 2.42. The highest BCUT2D eigenvalue weighted by molar-refractivity contribution is 6.03. The molecule has 4 aromatic rings. The minimum atomic E-state index is 0.100. The Kier molecular flexibility index (Phi) is 4.67. The van der Waals surface area contributed by atoms with Crippen molar-refractivity contribution >= 4 is 0 Å². The largest absolute Gasteiger partial charge is 0.0616 e. The minimum Gasteiger partial charge on any atom is -0.0616 e. The highest BCUT2D eigenvalue weighted by atomic mass is 14.3. The molecule has 0 N–H and O–H groups in total. The van der Waals surface area contributed by atoms with Crippen LogP contribution in [-0.4, -0.2) is 0 Å². The normalized spacial score (nSPS) is 12.7. The molecule has 32 heavy (non-hydrogen) atoms. The minimum absolute atomic E-state index is 0.100. The SMILES string of the molecule is CC(C)(C)c1ccc2c(c1)-c1ccccc1-c1ccccc1-c1cc(C(C)(C)C)ccc1-2. The highest BCUT2D eigenvalue weighted by Gasteiger charge is 2.25. The van der Waals surface area contributed by atoms with E-state index in [0.29, 0.717) is 0 Å². The van der Waals surface area contributed by atoms with Gasteiger partial charge in [0.15, 0.2) is 0 Å². The second-order valence-corrected chi connectivity index (χ2v) is 11.1. The van der Waals surface area contributed by atoms with Crippen molar-refractivity contribution in [3.05, 3.63) is 96.1 Å². The predicted molar refractivity (Wildman–Crippen MR) is 139 cm³/mol.